The number of ether oxygens (including phenoxy) is 1. The van der Waals surface area contributed by atoms with E-state index in [0.717, 1.165) is 6.07 Å². The van der Waals surface area contributed by atoms with Gasteiger partial charge in [0.15, 0.2) is 0 Å². The van der Waals surface area contributed by atoms with Crippen molar-refractivity contribution in [2.75, 3.05) is 7.11 Å². The number of rotatable bonds is 2. The van der Waals surface area contributed by atoms with E-state index in [9.17, 15) is 13.2 Å². The van der Waals surface area contributed by atoms with E-state index in [1.165, 1.54) is 31.4 Å². The summed E-state index contributed by atoms with van der Waals surface area (Å²) >= 11 is 0. The molecule has 1 aromatic heterocycles. The molecule has 1 heterocycles. The first-order valence-corrected chi connectivity index (χ1v) is 5.21. The van der Waals surface area contributed by atoms with Crippen molar-refractivity contribution in [1.82, 2.24) is 0 Å². The maximum atomic E-state index is 12.8. The minimum Gasteiger partial charge on any atom is -0.496 e. The molecule has 6 heteroatoms. The van der Waals surface area contributed by atoms with Gasteiger partial charge < -0.3 is 9.15 Å². The molecule has 0 aliphatic rings. The van der Waals surface area contributed by atoms with Crippen LogP contribution in [0, 0.1) is 11.3 Å². The molecule has 0 bridgehead atoms. The smallest absolute Gasteiger partial charge is 0.419 e. The molecule has 0 aliphatic carbocycles. The number of nitrogens with zero attached hydrogens (tertiary/aromatic N) is 1. The molecule has 0 radical (unpaired) electrons. The number of benzene rings is 1. The Balaban J connectivity index is 2.52. The predicted octanol–water partition coefficient (Wildman–Crippen LogP) is 3.85. The summed E-state index contributed by atoms with van der Waals surface area (Å²) in [5.41, 5.74) is -0.656. The fourth-order valence-corrected chi connectivity index (χ4v) is 1.64. The molecular weight excluding hydrogens is 259 g/mol. The number of alkyl halides is 3. The second-order valence-corrected chi connectivity index (χ2v) is 3.69. The lowest BCUT2D eigenvalue weighted by atomic mass is 10.1. The van der Waals surface area contributed by atoms with Gasteiger partial charge in [0.2, 0.25) is 5.76 Å². The average Bonchev–Trinajstić information content (AvgIpc) is 2.85. The number of nitriles is 1. The summed E-state index contributed by atoms with van der Waals surface area (Å²) < 4.78 is 48.3. The Bertz CT molecular complexity index is 638. The summed E-state index contributed by atoms with van der Waals surface area (Å²) in [5.74, 6) is -0.0209. The van der Waals surface area contributed by atoms with E-state index in [2.05, 4.69) is 4.74 Å². The zero-order chi connectivity index (χ0) is 14.0. The van der Waals surface area contributed by atoms with Crippen LogP contribution in [0.3, 0.4) is 0 Å². The molecule has 2 aromatic rings. The highest BCUT2D eigenvalue weighted by Crippen LogP contribution is 2.38. The third-order valence-electron chi connectivity index (χ3n) is 2.51. The summed E-state index contributed by atoms with van der Waals surface area (Å²) in [7, 11) is 1.17. The van der Waals surface area contributed by atoms with Gasteiger partial charge in [0.25, 0.3) is 0 Å². The number of methoxy groups -OCH3 is 1. The lowest BCUT2D eigenvalue weighted by molar-refractivity contribution is -0.138. The van der Waals surface area contributed by atoms with Gasteiger partial charge in [0.1, 0.15) is 17.6 Å². The molecule has 0 spiro atoms. The summed E-state index contributed by atoms with van der Waals surface area (Å²) in [6.07, 6.45) is -4.52. The zero-order valence-electron chi connectivity index (χ0n) is 9.78. The molecule has 0 saturated carbocycles. The molecule has 98 valence electrons. The van der Waals surface area contributed by atoms with E-state index in [1.54, 1.807) is 6.07 Å². The van der Waals surface area contributed by atoms with Crippen LogP contribution in [0.2, 0.25) is 0 Å². The quantitative estimate of drug-likeness (QED) is 0.830. The van der Waals surface area contributed by atoms with Crippen molar-refractivity contribution in [3.63, 3.8) is 0 Å². The van der Waals surface area contributed by atoms with E-state index in [4.69, 9.17) is 9.68 Å². The SMILES string of the molecule is COc1ccc(-c2ccc(C#N)o2)cc1C(F)(F)F. The maximum absolute atomic E-state index is 12.8. The number of hydrogen-bond acceptors (Lipinski definition) is 3. The van der Waals surface area contributed by atoms with Crippen LogP contribution in [0.25, 0.3) is 11.3 Å². The predicted molar refractivity (Wildman–Crippen MR) is 60.4 cm³/mol. The molecule has 0 fully saturated rings. The van der Waals surface area contributed by atoms with Gasteiger partial charge >= 0.3 is 6.18 Å². The standard InChI is InChI=1S/C13H8F3NO2/c1-18-12-4-2-8(6-10(12)13(14,15)16)11-5-3-9(7-17)19-11/h2-6H,1H3. The Kier molecular flexibility index (Phi) is 3.21. The number of hydrogen-bond donors (Lipinski definition) is 0. The fourth-order valence-electron chi connectivity index (χ4n) is 1.64. The first-order valence-electron chi connectivity index (χ1n) is 5.21. The molecule has 0 amide bonds. The van der Waals surface area contributed by atoms with E-state index < -0.39 is 11.7 Å². The van der Waals surface area contributed by atoms with Crippen molar-refractivity contribution < 1.29 is 22.3 Å². The molecule has 0 atom stereocenters. The Morgan fingerprint density at radius 1 is 1.21 bits per heavy atom. The van der Waals surface area contributed by atoms with Gasteiger partial charge in [0.05, 0.1) is 12.7 Å². The second kappa shape index (κ2) is 4.69. The average molecular weight is 267 g/mol. The highest BCUT2D eigenvalue weighted by molar-refractivity contribution is 5.61. The molecule has 0 N–H and O–H groups in total. The van der Waals surface area contributed by atoms with E-state index in [1.807, 2.05) is 0 Å². The Morgan fingerprint density at radius 3 is 2.47 bits per heavy atom. The first-order chi connectivity index (χ1) is 8.95. The number of furan rings is 1. The van der Waals surface area contributed by atoms with Crippen LogP contribution >= 0.6 is 0 Å². The van der Waals surface area contributed by atoms with Crippen molar-refractivity contribution in [3.8, 4) is 23.1 Å². The van der Waals surface area contributed by atoms with Crippen LogP contribution in [0.15, 0.2) is 34.7 Å². The van der Waals surface area contributed by atoms with Gasteiger partial charge in [-0.1, -0.05) is 0 Å². The molecular formula is C13H8F3NO2. The van der Waals surface area contributed by atoms with Crippen LogP contribution in [-0.4, -0.2) is 7.11 Å². The van der Waals surface area contributed by atoms with Crippen molar-refractivity contribution in [3.05, 3.63) is 41.7 Å². The lowest BCUT2D eigenvalue weighted by Gasteiger charge is -2.12. The zero-order valence-corrected chi connectivity index (χ0v) is 9.78. The molecule has 2 rings (SSSR count). The van der Waals surface area contributed by atoms with Crippen molar-refractivity contribution in [2.24, 2.45) is 0 Å². The van der Waals surface area contributed by atoms with E-state index in [-0.39, 0.29) is 22.8 Å². The van der Waals surface area contributed by atoms with Gasteiger partial charge in [-0.3, -0.25) is 0 Å². The summed E-state index contributed by atoms with van der Waals surface area (Å²) in [6.45, 7) is 0. The molecule has 3 nitrogen and oxygen atoms in total. The topological polar surface area (TPSA) is 46.2 Å². The first kappa shape index (κ1) is 13.0. The monoisotopic (exact) mass is 267 g/mol. The minimum absolute atomic E-state index is 0.0411. The van der Waals surface area contributed by atoms with E-state index >= 15 is 0 Å². The van der Waals surface area contributed by atoms with Gasteiger partial charge in [-0.05, 0) is 30.3 Å². The third kappa shape index (κ3) is 2.55. The van der Waals surface area contributed by atoms with Crippen molar-refractivity contribution in [1.29, 1.82) is 5.26 Å². The third-order valence-corrected chi connectivity index (χ3v) is 2.51. The highest BCUT2D eigenvalue weighted by atomic mass is 19.4. The van der Waals surface area contributed by atoms with Gasteiger partial charge in [0, 0.05) is 5.56 Å². The fraction of sp³-hybridized carbons (Fsp3) is 0.154. The molecule has 19 heavy (non-hydrogen) atoms. The summed E-state index contributed by atoms with van der Waals surface area (Å²) in [6, 6.07) is 8.19. The maximum Gasteiger partial charge on any atom is 0.419 e. The van der Waals surface area contributed by atoms with Gasteiger partial charge in [-0.2, -0.15) is 18.4 Å². The largest absolute Gasteiger partial charge is 0.496 e. The van der Waals surface area contributed by atoms with Gasteiger partial charge in [-0.15, -0.1) is 0 Å². The van der Waals surface area contributed by atoms with Crippen LogP contribution in [0.1, 0.15) is 11.3 Å². The molecule has 0 aliphatic heterocycles. The lowest BCUT2D eigenvalue weighted by Crippen LogP contribution is -2.07. The van der Waals surface area contributed by atoms with Crippen LogP contribution in [-0.2, 0) is 6.18 Å². The van der Waals surface area contributed by atoms with Gasteiger partial charge in [-0.25, -0.2) is 0 Å². The minimum atomic E-state index is -4.52. The number of halogens is 3. The molecule has 0 saturated heterocycles. The van der Waals surface area contributed by atoms with Crippen LogP contribution in [0.4, 0.5) is 13.2 Å². The Morgan fingerprint density at radius 2 is 1.95 bits per heavy atom. The Hall–Kier alpha value is -2.42. The summed E-state index contributed by atoms with van der Waals surface area (Å²) in [5, 5.41) is 8.62. The van der Waals surface area contributed by atoms with Crippen molar-refractivity contribution in [2.45, 2.75) is 6.18 Å². The second-order valence-electron chi connectivity index (χ2n) is 3.69. The highest BCUT2D eigenvalue weighted by Gasteiger charge is 2.34. The van der Waals surface area contributed by atoms with Crippen LogP contribution in [0.5, 0.6) is 5.75 Å². The van der Waals surface area contributed by atoms with Crippen LogP contribution < -0.4 is 4.74 Å². The molecule has 0 unspecified atom stereocenters. The Labute approximate surface area is 106 Å². The van der Waals surface area contributed by atoms with E-state index in [0.29, 0.717) is 0 Å². The molecule has 1 aromatic carbocycles. The normalized spacial score (nSPS) is 11.1. The summed E-state index contributed by atoms with van der Waals surface area (Å²) in [4.78, 5) is 0. The van der Waals surface area contributed by atoms with Crippen molar-refractivity contribution >= 4 is 0 Å².